The largest absolute Gasteiger partial charge is 0.466 e. The van der Waals surface area contributed by atoms with Gasteiger partial charge in [-0.1, -0.05) is 78.3 Å². The average molecular weight is 829 g/mol. The number of carbonyl (C=O) groups excluding carboxylic acids is 5. The van der Waals surface area contributed by atoms with Crippen LogP contribution in [0.15, 0.2) is 35.7 Å². The zero-order valence-corrected chi connectivity index (χ0v) is 36.9. The van der Waals surface area contributed by atoms with Gasteiger partial charge in [-0.2, -0.15) is 0 Å². The molecule has 0 spiro atoms. The lowest BCUT2D eigenvalue weighted by molar-refractivity contribution is -0.147. The van der Waals surface area contributed by atoms with Gasteiger partial charge in [-0.25, -0.2) is 9.78 Å². The third-order valence-corrected chi connectivity index (χ3v) is 11.5. The van der Waals surface area contributed by atoms with Crippen molar-refractivity contribution in [2.24, 2.45) is 23.7 Å². The first-order valence-electron chi connectivity index (χ1n) is 20.9. The molecule has 2 aromatic rings. The van der Waals surface area contributed by atoms with Crippen LogP contribution in [0.4, 0.5) is 4.79 Å². The number of carbonyl (C=O) groups is 5. The molecule has 0 saturated carbocycles. The van der Waals surface area contributed by atoms with Crippen molar-refractivity contribution in [2.75, 3.05) is 53.6 Å². The summed E-state index contributed by atoms with van der Waals surface area (Å²) in [6.07, 6.45) is 2.24. The molecule has 0 radical (unpaired) electrons. The Labute approximate surface area is 349 Å². The van der Waals surface area contributed by atoms with E-state index in [1.165, 1.54) is 11.3 Å². The maximum absolute atomic E-state index is 14.2. The van der Waals surface area contributed by atoms with Crippen LogP contribution < -0.4 is 16.0 Å². The topological polar surface area (TPSA) is 168 Å². The molecule has 324 valence electrons. The van der Waals surface area contributed by atoms with E-state index in [9.17, 15) is 24.0 Å². The van der Waals surface area contributed by atoms with E-state index in [2.05, 4.69) is 16.0 Å². The number of nitrogens with zero attached hydrogens (tertiary/aromatic N) is 3. The summed E-state index contributed by atoms with van der Waals surface area (Å²) < 4.78 is 16.9. The third-order valence-electron chi connectivity index (χ3n) is 10.6. The predicted molar refractivity (Wildman–Crippen MR) is 225 cm³/mol. The van der Waals surface area contributed by atoms with E-state index in [0.29, 0.717) is 44.2 Å². The summed E-state index contributed by atoms with van der Waals surface area (Å²) in [5.74, 6) is -2.07. The van der Waals surface area contributed by atoms with E-state index in [-0.39, 0.29) is 54.3 Å². The van der Waals surface area contributed by atoms with Crippen LogP contribution in [0, 0.1) is 23.7 Å². The van der Waals surface area contributed by atoms with Crippen LogP contribution in [0.1, 0.15) is 108 Å². The Balaban J connectivity index is 1.86. The Morgan fingerprint density at radius 2 is 1.62 bits per heavy atom. The fourth-order valence-electron chi connectivity index (χ4n) is 7.01. The molecule has 15 heteroatoms. The molecular formula is C43H68N6O8S. The van der Waals surface area contributed by atoms with E-state index < -0.39 is 42.1 Å². The lowest BCUT2D eigenvalue weighted by atomic mass is 9.94. The van der Waals surface area contributed by atoms with Crippen molar-refractivity contribution in [3.8, 4) is 0 Å². The number of likely N-dealkylation sites (N-methyl/N-ethyl adjacent to an activating group) is 1. The summed E-state index contributed by atoms with van der Waals surface area (Å²) in [7, 11) is 3.63. The Bertz CT molecular complexity index is 1580. The normalized spacial score (nSPS) is 16.2. The SMILES string of the molecule is CCOC(=O)[C@@H](C)C[C@H](Cc1ccccc1)NC(=O)c1csc([C@@H](C[C@H](C(C)C)N(C)C(=O)[C@@H](NC(=O)[C@H](C)CCCCNC)C(C)C)OC(=O)N2CCOCC2)n1. The van der Waals surface area contributed by atoms with Crippen LogP contribution in [0.3, 0.4) is 0 Å². The zero-order chi connectivity index (χ0) is 42.8. The molecule has 1 aliphatic heterocycles. The molecule has 14 nitrogen and oxygen atoms in total. The van der Waals surface area contributed by atoms with E-state index in [1.54, 1.807) is 36.1 Å². The summed E-state index contributed by atoms with van der Waals surface area (Å²) in [5, 5.41) is 11.3. The van der Waals surface area contributed by atoms with Gasteiger partial charge in [0.25, 0.3) is 5.91 Å². The quantitative estimate of drug-likeness (QED) is 0.0945. The monoisotopic (exact) mass is 828 g/mol. The van der Waals surface area contributed by atoms with E-state index in [0.717, 1.165) is 31.4 Å². The summed E-state index contributed by atoms with van der Waals surface area (Å²) in [6.45, 7) is 15.9. The second kappa shape index (κ2) is 24.8. The van der Waals surface area contributed by atoms with Crippen LogP contribution in [-0.4, -0.2) is 116 Å². The fourth-order valence-corrected chi connectivity index (χ4v) is 7.85. The first kappa shape index (κ1) is 48.3. The van der Waals surface area contributed by atoms with Crippen molar-refractivity contribution < 1.29 is 38.2 Å². The second-order valence-electron chi connectivity index (χ2n) is 16.0. The number of rotatable bonds is 23. The summed E-state index contributed by atoms with van der Waals surface area (Å²) in [4.78, 5) is 75.4. The minimum Gasteiger partial charge on any atom is -0.466 e. The number of aromatic nitrogens is 1. The van der Waals surface area contributed by atoms with Crippen LogP contribution in [0.2, 0.25) is 0 Å². The van der Waals surface area contributed by atoms with Crippen molar-refractivity contribution in [1.82, 2.24) is 30.7 Å². The summed E-state index contributed by atoms with van der Waals surface area (Å²) in [6, 6.07) is 8.16. The van der Waals surface area contributed by atoms with E-state index in [1.807, 2.05) is 72.0 Å². The predicted octanol–water partition coefficient (Wildman–Crippen LogP) is 5.62. The molecule has 6 atom stereocenters. The van der Waals surface area contributed by atoms with E-state index >= 15 is 0 Å². The Hall–Kier alpha value is -4.08. The molecule has 1 fully saturated rings. The highest BCUT2D eigenvalue weighted by atomic mass is 32.1. The highest BCUT2D eigenvalue weighted by molar-refractivity contribution is 7.09. The Morgan fingerprint density at radius 3 is 2.24 bits per heavy atom. The molecule has 58 heavy (non-hydrogen) atoms. The van der Waals surface area contributed by atoms with Crippen molar-refractivity contribution >= 4 is 41.1 Å². The van der Waals surface area contributed by atoms with Crippen molar-refractivity contribution in [3.63, 3.8) is 0 Å². The van der Waals surface area contributed by atoms with Gasteiger partial charge in [-0.3, -0.25) is 19.2 Å². The molecule has 0 aliphatic carbocycles. The number of ether oxygens (including phenoxy) is 3. The minimum absolute atomic E-state index is 0.0731. The molecule has 0 bridgehead atoms. The van der Waals surface area contributed by atoms with Crippen LogP contribution in [-0.2, 0) is 35.0 Å². The molecule has 1 aliphatic rings. The van der Waals surface area contributed by atoms with Gasteiger partial charge in [0.2, 0.25) is 11.8 Å². The zero-order valence-electron chi connectivity index (χ0n) is 36.1. The van der Waals surface area contributed by atoms with Gasteiger partial charge in [-0.05, 0) is 63.6 Å². The van der Waals surface area contributed by atoms with Crippen molar-refractivity contribution in [2.45, 2.75) is 111 Å². The van der Waals surface area contributed by atoms with Crippen LogP contribution in [0.25, 0.3) is 0 Å². The van der Waals surface area contributed by atoms with Crippen molar-refractivity contribution in [1.29, 1.82) is 0 Å². The lowest BCUT2D eigenvalue weighted by Crippen LogP contribution is -2.54. The maximum atomic E-state index is 14.2. The van der Waals surface area contributed by atoms with Crippen LogP contribution in [0.5, 0.6) is 0 Å². The van der Waals surface area contributed by atoms with Gasteiger partial charge in [0.05, 0.1) is 25.7 Å². The third kappa shape index (κ3) is 15.3. The lowest BCUT2D eigenvalue weighted by Gasteiger charge is -2.37. The van der Waals surface area contributed by atoms with Crippen LogP contribution >= 0.6 is 11.3 Å². The molecule has 2 heterocycles. The number of morpholine rings is 1. The van der Waals surface area contributed by atoms with Gasteiger partial charge in [0, 0.05) is 49.9 Å². The molecule has 3 rings (SSSR count). The first-order valence-corrected chi connectivity index (χ1v) is 21.8. The number of hydrogen-bond acceptors (Lipinski definition) is 11. The van der Waals surface area contributed by atoms with E-state index in [4.69, 9.17) is 19.2 Å². The molecule has 1 saturated heterocycles. The summed E-state index contributed by atoms with van der Waals surface area (Å²) >= 11 is 1.21. The smallest absolute Gasteiger partial charge is 0.410 e. The maximum Gasteiger partial charge on any atom is 0.410 e. The molecule has 1 aromatic carbocycles. The Kier molecular flexibility index (Phi) is 20.6. The average Bonchev–Trinajstić information content (AvgIpc) is 3.70. The molecular weight excluding hydrogens is 761 g/mol. The first-order chi connectivity index (χ1) is 27.7. The van der Waals surface area contributed by atoms with Gasteiger partial charge in [0.1, 0.15) is 16.7 Å². The highest BCUT2D eigenvalue weighted by Crippen LogP contribution is 2.32. The van der Waals surface area contributed by atoms with Gasteiger partial charge >= 0.3 is 12.1 Å². The van der Waals surface area contributed by atoms with Gasteiger partial charge in [-0.15, -0.1) is 11.3 Å². The molecule has 4 amide bonds. The Morgan fingerprint density at radius 1 is 0.931 bits per heavy atom. The number of benzene rings is 1. The second-order valence-corrected chi connectivity index (χ2v) is 16.9. The van der Waals surface area contributed by atoms with Gasteiger partial charge in [0.15, 0.2) is 6.10 Å². The van der Waals surface area contributed by atoms with Crippen molar-refractivity contribution in [3.05, 3.63) is 52.0 Å². The fraction of sp³-hybridized carbons (Fsp3) is 0.674. The molecule has 3 N–H and O–H groups in total. The highest BCUT2D eigenvalue weighted by Gasteiger charge is 2.36. The molecule has 0 unspecified atom stereocenters. The van der Waals surface area contributed by atoms with Gasteiger partial charge < -0.3 is 40.0 Å². The molecule has 1 aromatic heterocycles. The minimum atomic E-state index is -0.891. The summed E-state index contributed by atoms with van der Waals surface area (Å²) in [5.41, 5.74) is 1.16. The number of hydrogen-bond donors (Lipinski definition) is 3. The number of thiazole rings is 1. The number of unbranched alkanes of at least 4 members (excludes halogenated alkanes) is 1. The standard InChI is InChI=1S/C43H68N6O8S/c1-10-56-42(53)31(7)24-33(25-32-17-12-11-13-18-32)45-39(51)34-27-58-40(46-34)36(57-43(54)49-20-22-55-23-21-49)26-35(28(2)3)48(9)41(52)37(29(4)5)47-38(50)30(6)16-14-15-19-44-8/h11-13,17-18,27-31,33,35-37,44H,10,14-16,19-26H2,1-9H3,(H,45,51)(H,47,50)/t30-,31+,33-,35-,36-,37+/m1/s1. The number of esters is 1. The number of nitrogens with one attached hydrogen (secondary N) is 3. The number of amides is 4.